The summed E-state index contributed by atoms with van der Waals surface area (Å²) in [6.07, 6.45) is 0. The van der Waals surface area contributed by atoms with Crippen molar-refractivity contribution in [1.82, 2.24) is 15.0 Å². The molecule has 2 heterocycles. The third kappa shape index (κ3) is 1.31. The molecule has 0 atom stereocenters. The number of halogens is 1. The van der Waals surface area contributed by atoms with Crippen LogP contribution in [0.15, 0.2) is 15.7 Å². The third-order valence-electron chi connectivity index (χ3n) is 1.85. The van der Waals surface area contributed by atoms with Crippen LogP contribution in [0.3, 0.4) is 0 Å². The summed E-state index contributed by atoms with van der Waals surface area (Å²) in [5, 5.41) is 0.602. The second kappa shape index (κ2) is 2.95. The van der Waals surface area contributed by atoms with Gasteiger partial charge in [0.1, 0.15) is 10.8 Å². The highest BCUT2D eigenvalue weighted by molar-refractivity contribution is 6.30. The van der Waals surface area contributed by atoms with Gasteiger partial charge in [0.05, 0.1) is 5.39 Å². The van der Waals surface area contributed by atoms with Gasteiger partial charge in [-0.05, 0) is 18.6 Å². The SMILES string of the molecule is Cc1cc2c(=O)[nH]c(=O)[nH]c2nc1Cl. The molecule has 0 unspecified atom stereocenters. The molecule has 5 nitrogen and oxygen atoms in total. The quantitative estimate of drug-likeness (QED) is 0.626. The van der Waals surface area contributed by atoms with Crippen LogP contribution >= 0.6 is 11.6 Å². The highest BCUT2D eigenvalue weighted by Crippen LogP contribution is 2.14. The first-order chi connectivity index (χ1) is 6.58. The van der Waals surface area contributed by atoms with Gasteiger partial charge >= 0.3 is 5.69 Å². The zero-order valence-electron chi connectivity index (χ0n) is 7.22. The van der Waals surface area contributed by atoms with Crippen molar-refractivity contribution < 1.29 is 0 Å². The second-order valence-electron chi connectivity index (χ2n) is 2.90. The van der Waals surface area contributed by atoms with E-state index in [2.05, 4.69) is 15.0 Å². The van der Waals surface area contributed by atoms with Gasteiger partial charge in [-0.15, -0.1) is 0 Å². The summed E-state index contributed by atoms with van der Waals surface area (Å²) < 4.78 is 0. The van der Waals surface area contributed by atoms with Crippen LogP contribution in [0.25, 0.3) is 11.0 Å². The topological polar surface area (TPSA) is 78.6 Å². The maximum Gasteiger partial charge on any atom is 0.327 e. The number of fused-ring (bicyclic) bond motifs is 1. The Morgan fingerprint density at radius 1 is 1.36 bits per heavy atom. The standard InChI is InChI=1S/C8H6ClN3O2/c1-3-2-4-6(10-5(3)9)11-8(14)12-7(4)13/h2H,1H3,(H2,10,11,12,13,14). The minimum absolute atomic E-state index is 0.203. The molecule has 2 aromatic heterocycles. The maximum absolute atomic E-state index is 11.3. The Hall–Kier alpha value is -1.62. The van der Waals surface area contributed by atoms with Crippen molar-refractivity contribution in [3.8, 4) is 0 Å². The first-order valence-corrected chi connectivity index (χ1v) is 4.25. The van der Waals surface area contributed by atoms with E-state index in [-0.39, 0.29) is 10.8 Å². The molecule has 0 bridgehead atoms. The van der Waals surface area contributed by atoms with Gasteiger partial charge in [-0.3, -0.25) is 14.8 Å². The predicted octanol–water partition coefficient (Wildman–Crippen LogP) is 0.573. The van der Waals surface area contributed by atoms with Gasteiger partial charge in [-0.25, -0.2) is 9.78 Å². The van der Waals surface area contributed by atoms with Crippen LogP contribution in [0.5, 0.6) is 0 Å². The molecule has 0 radical (unpaired) electrons. The summed E-state index contributed by atoms with van der Waals surface area (Å²) in [4.78, 5) is 30.6. The second-order valence-corrected chi connectivity index (χ2v) is 3.26. The zero-order valence-corrected chi connectivity index (χ0v) is 7.97. The van der Waals surface area contributed by atoms with E-state index in [0.29, 0.717) is 10.9 Å². The number of H-pyrrole nitrogens is 2. The van der Waals surface area contributed by atoms with E-state index in [1.54, 1.807) is 13.0 Å². The van der Waals surface area contributed by atoms with Gasteiger partial charge < -0.3 is 0 Å². The van der Waals surface area contributed by atoms with E-state index in [0.717, 1.165) is 0 Å². The molecular weight excluding hydrogens is 206 g/mol. The number of aryl methyl sites for hydroxylation is 1. The van der Waals surface area contributed by atoms with Crippen LogP contribution in [-0.2, 0) is 0 Å². The maximum atomic E-state index is 11.3. The van der Waals surface area contributed by atoms with Crippen LogP contribution in [0.2, 0.25) is 5.15 Å². The van der Waals surface area contributed by atoms with Crippen LogP contribution in [0.1, 0.15) is 5.56 Å². The Morgan fingerprint density at radius 2 is 2.07 bits per heavy atom. The smallest absolute Gasteiger partial charge is 0.291 e. The minimum atomic E-state index is -0.588. The fourth-order valence-corrected chi connectivity index (χ4v) is 1.31. The molecule has 14 heavy (non-hydrogen) atoms. The number of pyridine rings is 1. The van der Waals surface area contributed by atoms with Crippen molar-refractivity contribution in [2.45, 2.75) is 6.92 Å². The van der Waals surface area contributed by atoms with Crippen molar-refractivity contribution in [2.24, 2.45) is 0 Å². The van der Waals surface area contributed by atoms with Crippen LogP contribution in [0.4, 0.5) is 0 Å². The highest BCUT2D eigenvalue weighted by Gasteiger charge is 2.05. The molecule has 0 amide bonds. The van der Waals surface area contributed by atoms with E-state index in [4.69, 9.17) is 11.6 Å². The largest absolute Gasteiger partial charge is 0.327 e. The number of nitrogens with zero attached hydrogens (tertiary/aromatic N) is 1. The average Bonchev–Trinajstić information content (AvgIpc) is 2.08. The molecule has 0 spiro atoms. The van der Waals surface area contributed by atoms with Crippen LogP contribution in [-0.4, -0.2) is 15.0 Å². The Kier molecular flexibility index (Phi) is 1.89. The number of aromatic amines is 2. The number of aromatic nitrogens is 3. The number of hydrogen-bond acceptors (Lipinski definition) is 3. The molecular formula is C8H6ClN3O2. The molecule has 0 aliphatic carbocycles. The Balaban J connectivity index is 3.03. The van der Waals surface area contributed by atoms with Gasteiger partial charge in [0.2, 0.25) is 0 Å². The molecule has 0 aliphatic heterocycles. The summed E-state index contributed by atoms with van der Waals surface area (Å²) >= 11 is 5.75. The third-order valence-corrected chi connectivity index (χ3v) is 2.24. The number of rotatable bonds is 0. The lowest BCUT2D eigenvalue weighted by Crippen LogP contribution is -2.22. The first kappa shape index (κ1) is 8.96. The summed E-state index contributed by atoms with van der Waals surface area (Å²) in [7, 11) is 0. The van der Waals surface area contributed by atoms with Crippen molar-refractivity contribution in [2.75, 3.05) is 0 Å². The molecule has 72 valence electrons. The van der Waals surface area contributed by atoms with Gasteiger partial charge in [-0.2, -0.15) is 0 Å². The zero-order chi connectivity index (χ0) is 10.3. The first-order valence-electron chi connectivity index (χ1n) is 3.87. The molecule has 0 aromatic carbocycles. The molecule has 2 aromatic rings. The lowest BCUT2D eigenvalue weighted by atomic mass is 10.2. The number of hydrogen-bond donors (Lipinski definition) is 2. The summed E-state index contributed by atoms with van der Waals surface area (Å²) in [6.45, 7) is 1.74. The summed E-state index contributed by atoms with van der Waals surface area (Å²) in [5.74, 6) is 0. The Labute approximate surface area is 82.8 Å². The molecule has 0 saturated carbocycles. The van der Waals surface area contributed by atoms with Gasteiger partial charge in [0, 0.05) is 0 Å². The Morgan fingerprint density at radius 3 is 2.79 bits per heavy atom. The minimum Gasteiger partial charge on any atom is -0.291 e. The summed E-state index contributed by atoms with van der Waals surface area (Å²) in [6, 6.07) is 1.58. The fraction of sp³-hybridized carbons (Fsp3) is 0.125. The lowest BCUT2D eigenvalue weighted by molar-refractivity contribution is 1.06. The molecule has 0 saturated heterocycles. The van der Waals surface area contributed by atoms with Gasteiger partial charge in [-0.1, -0.05) is 11.6 Å². The molecule has 0 fully saturated rings. The van der Waals surface area contributed by atoms with Gasteiger partial charge in [0.15, 0.2) is 0 Å². The normalized spacial score (nSPS) is 10.7. The summed E-state index contributed by atoms with van der Waals surface area (Å²) in [5.41, 5.74) is -0.156. The van der Waals surface area contributed by atoms with E-state index in [1.165, 1.54) is 0 Å². The monoisotopic (exact) mass is 211 g/mol. The van der Waals surface area contributed by atoms with Crippen molar-refractivity contribution in [3.63, 3.8) is 0 Å². The molecule has 2 rings (SSSR count). The average molecular weight is 212 g/mol. The van der Waals surface area contributed by atoms with E-state index >= 15 is 0 Å². The Bertz CT molecular complexity index is 614. The van der Waals surface area contributed by atoms with E-state index in [9.17, 15) is 9.59 Å². The van der Waals surface area contributed by atoms with E-state index in [1.807, 2.05) is 0 Å². The van der Waals surface area contributed by atoms with E-state index < -0.39 is 11.2 Å². The van der Waals surface area contributed by atoms with Crippen LogP contribution in [0, 0.1) is 6.92 Å². The van der Waals surface area contributed by atoms with Crippen molar-refractivity contribution in [1.29, 1.82) is 0 Å². The fourth-order valence-electron chi connectivity index (χ4n) is 1.17. The molecule has 0 aliphatic rings. The molecule has 6 heteroatoms. The lowest BCUT2D eigenvalue weighted by Gasteiger charge is -1.99. The van der Waals surface area contributed by atoms with Crippen molar-refractivity contribution in [3.05, 3.63) is 37.6 Å². The molecule has 2 N–H and O–H groups in total. The van der Waals surface area contributed by atoms with Crippen LogP contribution < -0.4 is 11.2 Å². The number of nitrogens with one attached hydrogen (secondary N) is 2. The predicted molar refractivity (Wildman–Crippen MR) is 52.7 cm³/mol. The van der Waals surface area contributed by atoms with Crippen molar-refractivity contribution >= 4 is 22.6 Å². The highest BCUT2D eigenvalue weighted by atomic mass is 35.5. The van der Waals surface area contributed by atoms with Gasteiger partial charge in [0.25, 0.3) is 5.56 Å².